The van der Waals surface area contributed by atoms with Gasteiger partial charge in [-0.3, -0.25) is 14.7 Å². The molecule has 4 aliphatic rings. The van der Waals surface area contributed by atoms with Gasteiger partial charge in [0.05, 0.1) is 5.45 Å². The quantitative estimate of drug-likeness (QED) is 0.488. The molecule has 0 radical (unpaired) electrons. The third-order valence-corrected chi connectivity index (χ3v) is 9.66. The number of rotatable bonds is 5. The van der Waals surface area contributed by atoms with E-state index in [1.807, 2.05) is 16.3 Å². The van der Waals surface area contributed by atoms with Gasteiger partial charge in [-0.1, -0.05) is 27.7 Å². The summed E-state index contributed by atoms with van der Waals surface area (Å²) < 4.78 is -0.684. The first-order valence-electron chi connectivity index (χ1n) is 9.85. The number of carboxylic acids is 1. The molecule has 0 amide bonds. The van der Waals surface area contributed by atoms with Crippen LogP contribution in [0.4, 0.5) is 5.00 Å². The zero-order valence-electron chi connectivity index (χ0n) is 15.2. The molecule has 0 unspecified atom stereocenters. The van der Waals surface area contributed by atoms with E-state index in [9.17, 15) is 9.90 Å². The molecule has 2 heterocycles. The summed E-state index contributed by atoms with van der Waals surface area (Å²) in [5.41, 5.74) is 3.80. The summed E-state index contributed by atoms with van der Waals surface area (Å²) in [5, 5.41) is 18.7. The van der Waals surface area contributed by atoms with Crippen molar-refractivity contribution in [3.63, 3.8) is 0 Å². The lowest BCUT2D eigenvalue weighted by atomic mass is 9.84. The summed E-state index contributed by atoms with van der Waals surface area (Å²) in [6.07, 6.45) is 10.1. The Balaban J connectivity index is 1.50. The number of carboxylic acid groups (broad SMARTS) is 1. The number of hydrogen-bond donors (Lipinski definition) is 1. The number of amidine groups is 1. The summed E-state index contributed by atoms with van der Waals surface area (Å²) >= 11 is 6.96. The van der Waals surface area contributed by atoms with Crippen LogP contribution in [-0.4, -0.2) is 38.1 Å². The molecule has 0 atom stereocenters. The second-order valence-electron chi connectivity index (χ2n) is 8.04. The molecule has 8 heteroatoms. The average Bonchev–Trinajstić information content (AvgIpc) is 3.29. The fourth-order valence-electron chi connectivity index (χ4n) is 4.29. The van der Waals surface area contributed by atoms with Crippen molar-refractivity contribution in [2.24, 2.45) is 5.10 Å². The Morgan fingerprint density at radius 3 is 2.59 bits per heavy atom. The topological polar surface area (TPSA) is 56.1 Å². The molecule has 5 nitrogen and oxygen atoms in total. The molecule has 27 heavy (non-hydrogen) atoms. The second kappa shape index (κ2) is 6.95. The number of thiophene rings is 1. The molecular weight excluding hydrogens is 446 g/mol. The van der Waals surface area contributed by atoms with Crippen LogP contribution in [0.15, 0.2) is 5.10 Å². The molecule has 0 aromatic carbocycles. The number of anilines is 1. The lowest BCUT2D eigenvalue weighted by molar-refractivity contribution is -0.142. The van der Waals surface area contributed by atoms with E-state index in [0.717, 1.165) is 36.8 Å². The first-order chi connectivity index (χ1) is 13.1. The molecule has 0 saturated heterocycles. The van der Waals surface area contributed by atoms with Gasteiger partial charge in [-0.2, -0.15) is 0 Å². The maximum atomic E-state index is 11.9. The number of carbonyl (C=O) groups is 1. The minimum atomic E-state index is -0.689. The lowest BCUT2D eigenvalue weighted by Crippen LogP contribution is -2.44. The van der Waals surface area contributed by atoms with Crippen LogP contribution >= 0.6 is 39.0 Å². The van der Waals surface area contributed by atoms with E-state index in [1.54, 1.807) is 10.4 Å². The Morgan fingerprint density at radius 2 is 2.00 bits per heavy atom. The number of hydrogen-bond acceptors (Lipinski definition) is 6. The smallest absolute Gasteiger partial charge is 0.320 e. The number of nitrogens with zero attached hydrogens (tertiary/aromatic N) is 3. The van der Waals surface area contributed by atoms with Crippen LogP contribution in [-0.2, 0) is 17.6 Å². The maximum absolute atomic E-state index is 11.9. The highest BCUT2D eigenvalue weighted by atomic mass is 79.9. The van der Waals surface area contributed by atoms with E-state index >= 15 is 0 Å². The molecule has 1 aliphatic heterocycles. The SMILES string of the molecule is O=C(O)C1(SC2=NN(CBr)CN2c2sc(C3CC3)c3c2CCCC3)CCC1. The third-order valence-electron chi connectivity index (χ3n) is 6.16. The van der Waals surface area contributed by atoms with Crippen LogP contribution in [0.5, 0.6) is 0 Å². The Morgan fingerprint density at radius 1 is 1.26 bits per heavy atom. The highest BCUT2D eigenvalue weighted by Crippen LogP contribution is 2.53. The van der Waals surface area contributed by atoms with Gasteiger partial charge < -0.3 is 5.11 Å². The highest BCUT2D eigenvalue weighted by Gasteiger charge is 2.48. The Hall–Kier alpha value is -0.730. The lowest BCUT2D eigenvalue weighted by Gasteiger charge is -2.37. The van der Waals surface area contributed by atoms with Gasteiger partial charge in [0.25, 0.3) is 0 Å². The molecule has 0 bridgehead atoms. The van der Waals surface area contributed by atoms with Crippen molar-refractivity contribution in [1.29, 1.82) is 0 Å². The van der Waals surface area contributed by atoms with Crippen LogP contribution in [0.1, 0.15) is 66.9 Å². The molecular formula is C19H24BrN3O2S2. The molecule has 1 aromatic rings. The average molecular weight is 470 g/mol. The normalized spacial score (nSPS) is 23.8. The van der Waals surface area contributed by atoms with E-state index in [4.69, 9.17) is 5.10 Å². The maximum Gasteiger partial charge on any atom is 0.320 e. The van der Waals surface area contributed by atoms with Gasteiger partial charge in [0.2, 0.25) is 0 Å². The van der Waals surface area contributed by atoms with Crippen molar-refractivity contribution >= 4 is 55.2 Å². The zero-order chi connectivity index (χ0) is 18.6. The van der Waals surface area contributed by atoms with Crippen molar-refractivity contribution in [3.8, 4) is 0 Å². The Kier molecular flexibility index (Phi) is 4.71. The molecule has 1 aromatic heterocycles. The van der Waals surface area contributed by atoms with E-state index in [-0.39, 0.29) is 0 Å². The van der Waals surface area contributed by atoms with Crippen molar-refractivity contribution in [2.45, 2.75) is 68.5 Å². The highest BCUT2D eigenvalue weighted by molar-refractivity contribution is 9.09. The van der Waals surface area contributed by atoms with Crippen molar-refractivity contribution < 1.29 is 9.90 Å². The van der Waals surface area contributed by atoms with Crippen molar-refractivity contribution in [1.82, 2.24) is 5.01 Å². The van der Waals surface area contributed by atoms with E-state index in [2.05, 4.69) is 20.8 Å². The monoisotopic (exact) mass is 469 g/mol. The van der Waals surface area contributed by atoms with Crippen LogP contribution in [0, 0.1) is 0 Å². The first kappa shape index (κ1) is 18.3. The zero-order valence-corrected chi connectivity index (χ0v) is 18.5. The number of thioether (sulfide) groups is 1. The summed E-state index contributed by atoms with van der Waals surface area (Å²) in [6, 6.07) is 0. The molecule has 5 rings (SSSR count). The summed E-state index contributed by atoms with van der Waals surface area (Å²) in [5.74, 6) is 0.0843. The molecule has 1 N–H and O–H groups in total. The predicted octanol–water partition coefficient (Wildman–Crippen LogP) is 4.95. The van der Waals surface area contributed by atoms with Gasteiger partial charge in [-0.25, -0.2) is 0 Å². The minimum absolute atomic E-state index is 0.663. The second-order valence-corrected chi connectivity index (χ2v) is 10.9. The third kappa shape index (κ3) is 3.12. The van der Waals surface area contributed by atoms with Gasteiger partial charge in [0, 0.05) is 4.88 Å². The molecule has 0 spiro atoms. The van der Waals surface area contributed by atoms with Crippen LogP contribution < -0.4 is 4.90 Å². The van der Waals surface area contributed by atoms with Gasteiger partial charge in [-0.15, -0.1) is 16.4 Å². The summed E-state index contributed by atoms with van der Waals surface area (Å²) in [4.78, 5) is 15.8. The van der Waals surface area contributed by atoms with E-state index < -0.39 is 10.7 Å². The van der Waals surface area contributed by atoms with Crippen molar-refractivity contribution in [2.75, 3.05) is 17.0 Å². The van der Waals surface area contributed by atoms with Gasteiger partial charge in [0.15, 0.2) is 5.17 Å². The fourth-order valence-corrected chi connectivity index (χ4v) is 7.52. The molecule has 146 valence electrons. The number of halogens is 1. The molecule has 2 fully saturated rings. The van der Waals surface area contributed by atoms with Gasteiger partial charge in [0.1, 0.15) is 16.4 Å². The van der Waals surface area contributed by atoms with Crippen molar-refractivity contribution in [3.05, 3.63) is 16.0 Å². The minimum Gasteiger partial charge on any atom is -0.480 e. The van der Waals surface area contributed by atoms with Crippen LogP contribution in [0.3, 0.4) is 0 Å². The van der Waals surface area contributed by atoms with Crippen LogP contribution in [0.25, 0.3) is 0 Å². The van der Waals surface area contributed by atoms with E-state index in [1.165, 1.54) is 54.4 Å². The molecule has 3 aliphatic carbocycles. The number of alkyl halides is 1. The first-order valence-corrected chi connectivity index (χ1v) is 12.6. The Bertz CT molecular complexity index is 801. The largest absolute Gasteiger partial charge is 0.480 e. The van der Waals surface area contributed by atoms with E-state index in [0.29, 0.717) is 12.1 Å². The van der Waals surface area contributed by atoms with Gasteiger partial charge in [-0.05, 0) is 74.8 Å². The number of aliphatic carboxylic acids is 1. The number of fused-ring (bicyclic) bond motifs is 1. The standard InChI is InChI=1S/C19H24BrN3O2S2/c20-10-22-11-23(18(21-22)27-19(17(24)25)8-3-9-19)16-14-5-2-1-4-13(14)15(26-16)12-6-7-12/h12H,1-11H2,(H,24,25). The molecule has 2 saturated carbocycles. The van der Waals surface area contributed by atoms with Gasteiger partial charge >= 0.3 is 5.97 Å². The summed E-state index contributed by atoms with van der Waals surface area (Å²) in [6.45, 7) is 0.709. The summed E-state index contributed by atoms with van der Waals surface area (Å²) in [7, 11) is 0. The van der Waals surface area contributed by atoms with Crippen LogP contribution in [0.2, 0.25) is 0 Å². The Labute approximate surface area is 176 Å². The predicted molar refractivity (Wildman–Crippen MR) is 115 cm³/mol. The number of hydrazone groups is 1. The fraction of sp³-hybridized carbons (Fsp3) is 0.684.